The Bertz CT molecular complexity index is 291. The molecule has 0 amide bonds. The molecule has 0 radical (unpaired) electrons. The largest absolute Gasteiger partial charge is 0.481 e. The van der Waals surface area contributed by atoms with E-state index in [2.05, 4.69) is 36.8 Å². The van der Waals surface area contributed by atoms with E-state index in [1.165, 1.54) is 7.11 Å². The highest BCUT2D eigenvalue weighted by molar-refractivity contribution is 9.13. The standard InChI is InChI=1S/C7H7Br2NO2/c1-12-7-4(3-11)6(9)5(8)2-10-7/h2,11H,3H2,1H3. The van der Waals surface area contributed by atoms with Crippen LogP contribution in [0.2, 0.25) is 0 Å². The molecule has 66 valence electrons. The van der Waals surface area contributed by atoms with E-state index in [0.717, 1.165) is 8.95 Å². The van der Waals surface area contributed by atoms with Crippen molar-refractivity contribution in [2.24, 2.45) is 0 Å². The highest BCUT2D eigenvalue weighted by atomic mass is 79.9. The first-order valence-corrected chi connectivity index (χ1v) is 4.77. The summed E-state index contributed by atoms with van der Waals surface area (Å²) in [5, 5.41) is 8.98. The van der Waals surface area contributed by atoms with Gasteiger partial charge in [-0.05, 0) is 31.9 Å². The lowest BCUT2D eigenvalue weighted by Gasteiger charge is -2.07. The smallest absolute Gasteiger partial charge is 0.219 e. The molecule has 1 aromatic rings. The summed E-state index contributed by atoms with van der Waals surface area (Å²) in [6.07, 6.45) is 1.61. The minimum Gasteiger partial charge on any atom is -0.481 e. The molecule has 5 heteroatoms. The fraction of sp³-hybridized carbons (Fsp3) is 0.286. The van der Waals surface area contributed by atoms with Crippen LogP contribution in [0.1, 0.15) is 5.56 Å². The van der Waals surface area contributed by atoms with E-state index in [1.807, 2.05) is 0 Å². The number of pyridine rings is 1. The summed E-state index contributed by atoms with van der Waals surface area (Å²) < 4.78 is 6.52. The first-order chi connectivity index (χ1) is 5.70. The number of ether oxygens (including phenoxy) is 1. The van der Waals surface area contributed by atoms with Gasteiger partial charge in [0.1, 0.15) is 0 Å². The third-order valence-electron chi connectivity index (χ3n) is 1.38. The molecular formula is C7H7Br2NO2. The SMILES string of the molecule is COc1ncc(Br)c(Br)c1CO. The summed E-state index contributed by atoms with van der Waals surface area (Å²) in [4.78, 5) is 3.97. The molecule has 0 fully saturated rings. The van der Waals surface area contributed by atoms with Crippen LogP contribution >= 0.6 is 31.9 Å². The molecule has 0 bridgehead atoms. The van der Waals surface area contributed by atoms with Crippen molar-refractivity contribution < 1.29 is 9.84 Å². The Morgan fingerprint density at radius 1 is 1.58 bits per heavy atom. The Hall–Kier alpha value is -0.130. The minimum absolute atomic E-state index is 0.101. The number of hydrogen-bond acceptors (Lipinski definition) is 3. The minimum atomic E-state index is -0.101. The van der Waals surface area contributed by atoms with Gasteiger partial charge in [0.2, 0.25) is 5.88 Å². The zero-order valence-electron chi connectivity index (χ0n) is 6.34. The Kier molecular flexibility index (Phi) is 3.49. The first kappa shape index (κ1) is 9.95. The number of nitrogens with zero attached hydrogens (tertiary/aromatic N) is 1. The van der Waals surface area contributed by atoms with Crippen LogP contribution in [-0.4, -0.2) is 17.2 Å². The molecule has 0 unspecified atom stereocenters. The van der Waals surface area contributed by atoms with Gasteiger partial charge in [-0.15, -0.1) is 0 Å². The van der Waals surface area contributed by atoms with Gasteiger partial charge in [-0.25, -0.2) is 4.98 Å². The van der Waals surface area contributed by atoms with E-state index in [1.54, 1.807) is 6.20 Å². The maximum Gasteiger partial charge on any atom is 0.219 e. The summed E-state index contributed by atoms with van der Waals surface area (Å²) >= 11 is 6.58. The van der Waals surface area contributed by atoms with Crippen molar-refractivity contribution in [2.45, 2.75) is 6.61 Å². The summed E-state index contributed by atoms with van der Waals surface area (Å²) in [6, 6.07) is 0. The van der Waals surface area contributed by atoms with Crippen molar-refractivity contribution in [3.8, 4) is 5.88 Å². The molecule has 1 heterocycles. The van der Waals surface area contributed by atoms with Gasteiger partial charge < -0.3 is 9.84 Å². The van der Waals surface area contributed by atoms with Gasteiger partial charge in [-0.1, -0.05) is 0 Å². The van der Waals surface area contributed by atoms with Crippen LogP contribution in [0.25, 0.3) is 0 Å². The molecule has 0 atom stereocenters. The molecule has 0 saturated heterocycles. The second kappa shape index (κ2) is 4.20. The molecular weight excluding hydrogens is 290 g/mol. The summed E-state index contributed by atoms with van der Waals surface area (Å²) in [7, 11) is 1.52. The van der Waals surface area contributed by atoms with Crippen LogP contribution in [-0.2, 0) is 6.61 Å². The number of aromatic nitrogens is 1. The number of aliphatic hydroxyl groups excluding tert-OH is 1. The van der Waals surface area contributed by atoms with Crippen molar-refractivity contribution in [2.75, 3.05) is 7.11 Å². The number of hydrogen-bond donors (Lipinski definition) is 1. The van der Waals surface area contributed by atoms with Crippen LogP contribution in [0.4, 0.5) is 0 Å². The van der Waals surface area contributed by atoms with Crippen molar-refractivity contribution in [3.63, 3.8) is 0 Å². The van der Waals surface area contributed by atoms with Crippen LogP contribution in [0, 0.1) is 0 Å². The second-order valence-corrected chi connectivity index (χ2v) is 3.71. The summed E-state index contributed by atoms with van der Waals surface area (Å²) in [5.74, 6) is 0.438. The van der Waals surface area contributed by atoms with Crippen LogP contribution in [0.5, 0.6) is 5.88 Å². The summed E-state index contributed by atoms with van der Waals surface area (Å²) in [6.45, 7) is -0.101. The lowest BCUT2D eigenvalue weighted by Crippen LogP contribution is -1.96. The average Bonchev–Trinajstić information content (AvgIpc) is 2.09. The van der Waals surface area contributed by atoms with Crippen molar-refractivity contribution in [1.82, 2.24) is 4.98 Å². The third kappa shape index (κ3) is 1.78. The zero-order valence-corrected chi connectivity index (χ0v) is 9.52. The molecule has 1 aromatic heterocycles. The highest BCUT2D eigenvalue weighted by Crippen LogP contribution is 2.31. The predicted molar refractivity (Wildman–Crippen MR) is 52.1 cm³/mol. The van der Waals surface area contributed by atoms with Crippen LogP contribution < -0.4 is 4.74 Å². The van der Waals surface area contributed by atoms with E-state index in [0.29, 0.717) is 11.4 Å². The van der Waals surface area contributed by atoms with Gasteiger partial charge in [0.25, 0.3) is 0 Å². The molecule has 0 aliphatic heterocycles. The first-order valence-electron chi connectivity index (χ1n) is 3.18. The second-order valence-electron chi connectivity index (χ2n) is 2.07. The van der Waals surface area contributed by atoms with E-state index >= 15 is 0 Å². The Morgan fingerprint density at radius 3 is 2.75 bits per heavy atom. The average molecular weight is 297 g/mol. The fourth-order valence-electron chi connectivity index (χ4n) is 0.801. The van der Waals surface area contributed by atoms with Gasteiger partial charge >= 0.3 is 0 Å². The van der Waals surface area contributed by atoms with Gasteiger partial charge in [-0.3, -0.25) is 0 Å². The van der Waals surface area contributed by atoms with Gasteiger partial charge in [0.15, 0.2) is 0 Å². The molecule has 3 nitrogen and oxygen atoms in total. The van der Waals surface area contributed by atoms with Gasteiger partial charge in [0.05, 0.1) is 23.8 Å². The molecule has 0 aliphatic carbocycles. The van der Waals surface area contributed by atoms with E-state index < -0.39 is 0 Å². The Balaban J connectivity index is 3.25. The highest BCUT2D eigenvalue weighted by Gasteiger charge is 2.10. The van der Waals surface area contributed by atoms with Crippen molar-refractivity contribution in [1.29, 1.82) is 0 Å². The molecule has 12 heavy (non-hydrogen) atoms. The van der Waals surface area contributed by atoms with Gasteiger partial charge in [0, 0.05) is 10.7 Å². The quantitative estimate of drug-likeness (QED) is 0.909. The van der Waals surface area contributed by atoms with E-state index in [4.69, 9.17) is 9.84 Å². The van der Waals surface area contributed by atoms with E-state index in [-0.39, 0.29) is 6.61 Å². The topological polar surface area (TPSA) is 42.4 Å². The zero-order chi connectivity index (χ0) is 9.14. The van der Waals surface area contributed by atoms with Crippen molar-refractivity contribution in [3.05, 3.63) is 20.7 Å². The lowest BCUT2D eigenvalue weighted by molar-refractivity contribution is 0.270. The number of rotatable bonds is 2. The van der Waals surface area contributed by atoms with Gasteiger partial charge in [-0.2, -0.15) is 0 Å². The predicted octanol–water partition coefficient (Wildman–Crippen LogP) is 2.11. The number of halogens is 2. The van der Waals surface area contributed by atoms with Crippen molar-refractivity contribution >= 4 is 31.9 Å². The molecule has 0 saturated carbocycles. The normalized spacial score (nSPS) is 10.0. The molecule has 1 rings (SSSR count). The Labute approximate surface area is 87.0 Å². The van der Waals surface area contributed by atoms with Crippen LogP contribution in [0.3, 0.4) is 0 Å². The lowest BCUT2D eigenvalue weighted by atomic mass is 10.3. The number of aliphatic hydroxyl groups is 1. The van der Waals surface area contributed by atoms with E-state index in [9.17, 15) is 0 Å². The molecule has 0 aromatic carbocycles. The molecule has 0 aliphatic rings. The maximum atomic E-state index is 8.98. The molecule has 0 spiro atoms. The third-order valence-corrected chi connectivity index (χ3v) is 3.42. The summed E-state index contributed by atoms with van der Waals surface area (Å²) in [5.41, 5.74) is 0.645. The number of methoxy groups -OCH3 is 1. The fourth-order valence-corrected chi connectivity index (χ4v) is 1.54. The molecule has 1 N–H and O–H groups in total. The Morgan fingerprint density at radius 2 is 2.25 bits per heavy atom. The maximum absolute atomic E-state index is 8.98. The van der Waals surface area contributed by atoms with Crippen LogP contribution in [0.15, 0.2) is 15.1 Å². The monoisotopic (exact) mass is 295 g/mol.